The largest absolute Gasteiger partial charge is 0.464 e. The maximum atomic E-state index is 10.6. The molecule has 1 N–H and O–H groups in total. The number of hydrogen-bond acceptors (Lipinski definition) is 4. The molecular formula is C15H18N2O3. The minimum absolute atomic E-state index is 0.0664. The van der Waals surface area contributed by atoms with Crippen molar-refractivity contribution in [3.63, 3.8) is 0 Å². The maximum Gasteiger partial charge on any atom is 0.269 e. The zero-order valence-corrected chi connectivity index (χ0v) is 11.6. The van der Waals surface area contributed by atoms with E-state index in [9.17, 15) is 10.1 Å². The quantitative estimate of drug-likeness (QED) is 0.648. The second-order valence-corrected chi connectivity index (χ2v) is 4.63. The Morgan fingerprint density at radius 2 is 1.95 bits per heavy atom. The Morgan fingerprint density at radius 1 is 1.25 bits per heavy atom. The van der Waals surface area contributed by atoms with Gasteiger partial charge in [0.05, 0.1) is 11.0 Å². The number of aryl methyl sites for hydroxylation is 1. The summed E-state index contributed by atoms with van der Waals surface area (Å²) in [4.78, 5) is 10.2. The average Bonchev–Trinajstić information content (AvgIpc) is 2.94. The normalized spacial score (nSPS) is 12.3. The smallest absolute Gasteiger partial charge is 0.269 e. The van der Waals surface area contributed by atoms with Crippen molar-refractivity contribution >= 4 is 5.69 Å². The van der Waals surface area contributed by atoms with Crippen LogP contribution in [0.4, 0.5) is 5.69 Å². The van der Waals surface area contributed by atoms with Crippen LogP contribution < -0.4 is 5.32 Å². The fraction of sp³-hybridized carbons (Fsp3) is 0.333. The van der Waals surface area contributed by atoms with Crippen molar-refractivity contribution in [3.8, 4) is 0 Å². The highest BCUT2D eigenvalue weighted by molar-refractivity contribution is 5.33. The van der Waals surface area contributed by atoms with Crippen molar-refractivity contribution in [1.29, 1.82) is 0 Å². The van der Waals surface area contributed by atoms with Crippen LogP contribution in [-0.2, 0) is 12.8 Å². The van der Waals surface area contributed by atoms with Crippen molar-refractivity contribution in [1.82, 2.24) is 5.32 Å². The summed E-state index contributed by atoms with van der Waals surface area (Å²) in [5.74, 6) is 1.85. The van der Waals surface area contributed by atoms with Gasteiger partial charge in [-0.3, -0.25) is 10.1 Å². The molecule has 0 aliphatic carbocycles. The summed E-state index contributed by atoms with van der Waals surface area (Å²) in [7, 11) is 1.88. The number of hydrogen-bond donors (Lipinski definition) is 1. The van der Waals surface area contributed by atoms with Crippen LogP contribution >= 0.6 is 0 Å². The van der Waals surface area contributed by atoms with Gasteiger partial charge in [-0.15, -0.1) is 0 Å². The lowest BCUT2D eigenvalue weighted by Crippen LogP contribution is -2.18. The lowest BCUT2D eigenvalue weighted by molar-refractivity contribution is -0.384. The number of nitro groups is 1. The predicted molar refractivity (Wildman–Crippen MR) is 76.7 cm³/mol. The fourth-order valence-corrected chi connectivity index (χ4v) is 2.11. The van der Waals surface area contributed by atoms with Crippen LogP contribution in [0.5, 0.6) is 0 Å². The molecule has 0 bridgehead atoms. The SMILES string of the molecule is CCc1ccc(C(Cc2ccc([N+](=O)[O-])cc2)NC)o1. The molecule has 0 spiro atoms. The van der Waals surface area contributed by atoms with E-state index < -0.39 is 0 Å². The van der Waals surface area contributed by atoms with E-state index in [1.807, 2.05) is 26.1 Å². The van der Waals surface area contributed by atoms with E-state index in [0.717, 1.165) is 29.9 Å². The van der Waals surface area contributed by atoms with E-state index in [-0.39, 0.29) is 16.7 Å². The maximum absolute atomic E-state index is 10.6. The third-order valence-electron chi connectivity index (χ3n) is 3.31. The Labute approximate surface area is 117 Å². The Hall–Kier alpha value is -2.14. The molecule has 0 amide bonds. The molecule has 1 heterocycles. The van der Waals surface area contributed by atoms with Gasteiger partial charge in [-0.05, 0) is 31.2 Å². The lowest BCUT2D eigenvalue weighted by Gasteiger charge is -2.13. The van der Waals surface area contributed by atoms with Crippen molar-refractivity contribution in [3.05, 3.63) is 63.6 Å². The fourth-order valence-electron chi connectivity index (χ4n) is 2.11. The third kappa shape index (κ3) is 3.24. The number of nitro benzene ring substituents is 1. The topological polar surface area (TPSA) is 68.3 Å². The Bertz CT molecular complexity index is 575. The summed E-state index contributed by atoms with van der Waals surface area (Å²) in [5, 5.41) is 13.8. The molecule has 0 saturated heterocycles. The lowest BCUT2D eigenvalue weighted by atomic mass is 10.0. The number of likely N-dealkylation sites (N-methyl/N-ethyl adjacent to an activating group) is 1. The van der Waals surface area contributed by atoms with Crippen molar-refractivity contribution < 1.29 is 9.34 Å². The van der Waals surface area contributed by atoms with Gasteiger partial charge in [0.1, 0.15) is 11.5 Å². The van der Waals surface area contributed by atoms with Crippen LogP contribution in [0.1, 0.15) is 30.0 Å². The molecule has 2 rings (SSSR count). The Balaban J connectivity index is 2.11. The first-order chi connectivity index (χ1) is 9.63. The molecule has 5 heteroatoms. The molecule has 0 fully saturated rings. The van der Waals surface area contributed by atoms with E-state index in [1.54, 1.807) is 12.1 Å². The van der Waals surface area contributed by atoms with Crippen LogP contribution in [0.2, 0.25) is 0 Å². The molecular weight excluding hydrogens is 256 g/mol. The summed E-state index contributed by atoms with van der Waals surface area (Å²) in [6.45, 7) is 2.05. The molecule has 0 radical (unpaired) electrons. The predicted octanol–water partition coefficient (Wildman–Crippen LogP) is 3.25. The van der Waals surface area contributed by atoms with Gasteiger partial charge in [0.25, 0.3) is 5.69 Å². The van der Waals surface area contributed by atoms with Crippen LogP contribution in [0, 0.1) is 10.1 Å². The Morgan fingerprint density at radius 3 is 2.45 bits per heavy atom. The molecule has 0 aliphatic heterocycles. The number of nitrogens with zero attached hydrogens (tertiary/aromatic N) is 1. The highest BCUT2D eigenvalue weighted by atomic mass is 16.6. The molecule has 2 aromatic rings. The summed E-state index contributed by atoms with van der Waals surface area (Å²) >= 11 is 0. The number of benzene rings is 1. The highest BCUT2D eigenvalue weighted by Gasteiger charge is 2.15. The van der Waals surface area contributed by atoms with Gasteiger partial charge < -0.3 is 9.73 Å². The molecule has 1 aromatic carbocycles. The van der Waals surface area contributed by atoms with Crippen molar-refractivity contribution in [2.45, 2.75) is 25.8 Å². The van der Waals surface area contributed by atoms with E-state index in [1.165, 1.54) is 12.1 Å². The van der Waals surface area contributed by atoms with Gasteiger partial charge in [-0.25, -0.2) is 0 Å². The third-order valence-corrected chi connectivity index (χ3v) is 3.31. The molecule has 0 saturated carbocycles. The minimum Gasteiger partial charge on any atom is -0.464 e. The van der Waals surface area contributed by atoms with Crippen LogP contribution in [0.25, 0.3) is 0 Å². The van der Waals surface area contributed by atoms with Crippen molar-refractivity contribution in [2.75, 3.05) is 7.05 Å². The van der Waals surface area contributed by atoms with Crippen LogP contribution in [0.15, 0.2) is 40.8 Å². The first kappa shape index (κ1) is 14.3. The van der Waals surface area contributed by atoms with Gasteiger partial charge in [0.15, 0.2) is 0 Å². The summed E-state index contributed by atoms with van der Waals surface area (Å²) in [6.07, 6.45) is 1.60. The first-order valence-corrected chi connectivity index (χ1v) is 6.63. The second kappa shape index (κ2) is 6.34. The molecule has 1 atom stereocenters. The van der Waals surface area contributed by atoms with E-state index >= 15 is 0 Å². The average molecular weight is 274 g/mol. The standard InChI is InChI=1S/C15H18N2O3/c1-3-13-8-9-15(20-13)14(16-2)10-11-4-6-12(7-5-11)17(18)19/h4-9,14,16H,3,10H2,1-2H3. The molecule has 1 aromatic heterocycles. The van der Waals surface area contributed by atoms with Gasteiger partial charge in [0.2, 0.25) is 0 Å². The van der Waals surface area contributed by atoms with Crippen molar-refractivity contribution in [2.24, 2.45) is 0 Å². The number of rotatable bonds is 6. The van der Waals surface area contributed by atoms with Crippen LogP contribution in [-0.4, -0.2) is 12.0 Å². The molecule has 0 aliphatic rings. The van der Waals surface area contributed by atoms with E-state index in [4.69, 9.17) is 4.42 Å². The number of non-ortho nitro benzene ring substituents is 1. The number of furan rings is 1. The summed E-state index contributed by atoms with van der Waals surface area (Å²) < 4.78 is 5.75. The number of nitrogens with one attached hydrogen (secondary N) is 1. The van der Waals surface area contributed by atoms with Gasteiger partial charge in [-0.1, -0.05) is 19.1 Å². The molecule has 106 valence electrons. The zero-order chi connectivity index (χ0) is 14.5. The summed E-state index contributed by atoms with van der Waals surface area (Å²) in [5.41, 5.74) is 1.14. The summed E-state index contributed by atoms with van der Waals surface area (Å²) in [6, 6.07) is 10.7. The zero-order valence-electron chi connectivity index (χ0n) is 11.6. The highest BCUT2D eigenvalue weighted by Crippen LogP contribution is 2.22. The van der Waals surface area contributed by atoms with Gasteiger partial charge >= 0.3 is 0 Å². The minimum atomic E-state index is -0.389. The molecule has 5 nitrogen and oxygen atoms in total. The first-order valence-electron chi connectivity index (χ1n) is 6.63. The molecule has 1 unspecified atom stereocenters. The van der Waals surface area contributed by atoms with E-state index in [2.05, 4.69) is 5.32 Å². The van der Waals surface area contributed by atoms with Gasteiger partial charge in [0, 0.05) is 18.6 Å². The Kier molecular flexibility index (Phi) is 4.53. The van der Waals surface area contributed by atoms with E-state index in [0.29, 0.717) is 0 Å². The van der Waals surface area contributed by atoms with Gasteiger partial charge in [-0.2, -0.15) is 0 Å². The monoisotopic (exact) mass is 274 g/mol. The van der Waals surface area contributed by atoms with Crippen LogP contribution in [0.3, 0.4) is 0 Å². The second-order valence-electron chi connectivity index (χ2n) is 4.63. The molecule has 20 heavy (non-hydrogen) atoms.